The van der Waals surface area contributed by atoms with Crippen molar-refractivity contribution in [3.8, 4) is 5.75 Å². The van der Waals surface area contributed by atoms with E-state index in [2.05, 4.69) is 10.4 Å². The Morgan fingerprint density at radius 1 is 1.16 bits per heavy atom. The van der Waals surface area contributed by atoms with Crippen LogP contribution in [0.2, 0.25) is 5.02 Å². The fraction of sp³-hybridized carbons (Fsp3) is 0.167. The van der Waals surface area contributed by atoms with Crippen molar-refractivity contribution in [2.24, 2.45) is 0 Å². The van der Waals surface area contributed by atoms with Crippen LogP contribution in [-0.4, -0.2) is 15.7 Å². The number of thiophene rings is 1. The van der Waals surface area contributed by atoms with E-state index in [0.717, 1.165) is 28.0 Å². The summed E-state index contributed by atoms with van der Waals surface area (Å²) in [5, 5.41) is 9.85. The van der Waals surface area contributed by atoms with Crippen LogP contribution in [0.4, 0.5) is 5.69 Å². The number of hydrogen-bond acceptors (Lipinski definition) is 4. The summed E-state index contributed by atoms with van der Waals surface area (Å²) in [6, 6.07) is 15.6. The first-order chi connectivity index (χ1) is 15.0. The van der Waals surface area contributed by atoms with Gasteiger partial charge in [0.1, 0.15) is 12.4 Å². The number of amides is 1. The van der Waals surface area contributed by atoms with Crippen molar-refractivity contribution in [3.63, 3.8) is 0 Å². The summed E-state index contributed by atoms with van der Waals surface area (Å²) in [5.74, 6) is 0.728. The maximum absolute atomic E-state index is 12.6. The zero-order valence-corrected chi connectivity index (χ0v) is 18.8. The molecule has 31 heavy (non-hydrogen) atoms. The van der Waals surface area contributed by atoms with Crippen molar-refractivity contribution >= 4 is 34.5 Å². The molecule has 4 rings (SSSR count). The predicted molar refractivity (Wildman–Crippen MR) is 125 cm³/mol. The van der Waals surface area contributed by atoms with Crippen LogP contribution in [0.5, 0.6) is 5.75 Å². The number of ether oxygens (including phenoxy) is 1. The Kier molecular flexibility index (Phi) is 6.39. The van der Waals surface area contributed by atoms with Gasteiger partial charge in [0.05, 0.1) is 23.3 Å². The highest BCUT2D eigenvalue weighted by Crippen LogP contribution is 2.25. The third-order valence-electron chi connectivity index (χ3n) is 4.85. The lowest BCUT2D eigenvalue weighted by Crippen LogP contribution is -2.09. The van der Waals surface area contributed by atoms with Crippen LogP contribution in [0.3, 0.4) is 0 Å². The first-order valence-corrected chi connectivity index (χ1v) is 11.1. The van der Waals surface area contributed by atoms with Gasteiger partial charge in [-0.05, 0) is 48.1 Å². The van der Waals surface area contributed by atoms with Crippen LogP contribution in [0.15, 0.2) is 66.3 Å². The number of para-hydroxylation sites is 1. The zero-order chi connectivity index (χ0) is 21.8. The molecule has 0 radical (unpaired) electrons. The van der Waals surface area contributed by atoms with Gasteiger partial charge >= 0.3 is 0 Å². The molecule has 0 unspecified atom stereocenters. The van der Waals surface area contributed by atoms with E-state index in [0.29, 0.717) is 28.7 Å². The van der Waals surface area contributed by atoms with Crippen LogP contribution in [0.1, 0.15) is 31.9 Å². The van der Waals surface area contributed by atoms with Crippen molar-refractivity contribution in [2.45, 2.75) is 27.0 Å². The average molecular weight is 452 g/mol. The summed E-state index contributed by atoms with van der Waals surface area (Å²) < 4.78 is 7.73. The molecule has 1 amide bonds. The molecule has 5 nitrogen and oxygen atoms in total. The number of rotatable bonds is 7. The van der Waals surface area contributed by atoms with E-state index in [1.807, 2.05) is 67.8 Å². The maximum atomic E-state index is 12.6. The third kappa shape index (κ3) is 5.16. The standard InChI is InChI=1S/C24H22ClN3O2S/c1-16-6-5-7-17(2)23(16)30-14-18-10-22(31-15-18)24(29)27-20-11-26-28(13-20)12-19-8-3-4-9-21(19)25/h3-11,13,15H,12,14H2,1-2H3,(H,27,29). The first kappa shape index (κ1) is 21.2. The molecule has 158 valence electrons. The van der Waals surface area contributed by atoms with Crippen LogP contribution in [0, 0.1) is 13.8 Å². The highest BCUT2D eigenvalue weighted by molar-refractivity contribution is 7.12. The molecule has 0 saturated heterocycles. The van der Waals surface area contributed by atoms with Crippen LogP contribution < -0.4 is 10.1 Å². The average Bonchev–Trinajstić information content (AvgIpc) is 3.39. The summed E-state index contributed by atoms with van der Waals surface area (Å²) in [6.07, 6.45) is 3.42. The van der Waals surface area contributed by atoms with Crippen LogP contribution in [-0.2, 0) is 13.2 Å². The molecule has 0 spiro atoms. The Morgan fingerprint density at radius 2 is 1.94 bits per heavy atom. The fourth-order valence-electron chi connectivity index (χ4n) is 3.26. The quantitative estimate of drug-likeness (QED) is 0.369. The van der Waals surface area contributed by atoms with Crippen LogP contribution in [0.25, 0.3) is 0 Å². The van der Waals surface area contributed by atoms with Gasteiger partial charge < -0.3 is 10.1 Å². The van der Waals surface area contributed by atoms with E-state index in [4.69, 9.17) is 16.3 Å². The summed E-state index contributed by atoms with van der Waals surface area (Å²) in [6.45, 7) is 5.01. The third-order valence-corrected chi connectivity index (χ3v) is 6.20. The van der Waals surface area contributed by atoms with E-state index >= 15 is 0 Å². The number of hydrogen-bond donors (Lipinski definition) is 1. The molecule has 0 fully saturated rings. The van der Waals surface area contributed by atoms with E-state index in [-0.39, 0.29) is 5.91 Å². The molecule has 2 heterocycles. The van der Waals surface area contributed by atoms with Crippen molar-refractivity contribution in [1.82, 2.24) is 9.78 Å². The number of benzene rings is 2. The molecule has 0 saturated carbocycles. The number of anilines is 1. The molecule has 0 aliphatic rings. The van der Waals surface area contributed by atoms with Gasteiger partial charge in [0.15, 0.2) is 0 Å². The molecule has 0 aliphatic carbocycles. The zero-order valence-electron chi connectivity index (χ0n) is 17.3. The van der Waals surface area contributed by atoms with Gasteiger partial charge in [-0.15, -0.1) is 11.3 Å². The van der Waals surface area contributed by atoms with Gasteiger partial charge in [0, 0.05) is 16.8 Å². The van der Waals surface area contributed by atoms with Gasteiger partial charge in [-0.3, -0.25) is 9.48 Å². The molecule has 7 heteroatoms. The second-order valence-corrected chi connectivity index (χ2v) is 8.62. The summed E-state index contributed by atoms with van der Waals surface area (Å²) in [4.78, 5) is 13.3. The van der Waals surface area contributed by atoms with E-state index in [1.54, 1.807) is 17.1 Å². The predicted octanol–water partition coefficient (Wildman–Crippen LogP) is 6.09. The molecule has 4 aromatic rings. The maximum Gasteiger partial charge on any atom is 0.265 e. The topological polar surface area (TPSA) is 56.1 Å². The summed E-state index contributed by atoms with van der Waals surface area (Å²) in [7, 11) is 0. The molecule has 1 N–H and O–H groups in total. The lowest BCUT2D eigenvalue weighted by molar-refractivity contribution is 0.103. The Hall–Kier alpha value is -3.09. The monoisotopic (exact) mass is 451 g/mol. The summed E-state index contributed by atoms with van der Waals surface area (Å²) >= 11 is 7.61. The normalized spacial score (nSPS) is 10.8. The van der Waals surface area contributed by atoms with Crippen molar-refractivity contribution in [3.05, 3.63) is 98.5 Å². The van der Waals surface area contributed by atoms with Crippen molar-refractivity contribution in [2.75, 3.05) is 5.32 Å². The van der Waals surface area contributed by atoms with Crippen molar-refractivity contribution in [1.29, 1.82) is 0 Å². The van der Waals surface area contributed by atoms with Crippen molar-refractivity contribution < 1.29 is 9.53 Å². The number of carbonyl (C=O) groups excluding carboxylic acids is 1. The summed E-state index contributed by atoms with van der Waals surface area (Å²) in [5.41, 5.74) is 4.77. The first-order valence-electron chi connectivity index (χ1n) is 9.83. The van der Waals surface area contributed by atoms with E-state index < -0.39 is 0 Å². The van der Waals surface area contributed by atoms with E-state index in [1.165, 1.54) is 11.3 Å². The Balaban J connectivity index is 1.36. The second kappa shape index (κ2) is 9.37. The number of aryl methyl sites for hydroxylation is 2. The lowest BCUT2D eigenvalue weighted by Gasteiger charge is -2.10. The Labute approximate surface area is 190 Å². The van der Waals surface area contributed by atoms with Gasteiger partial charge in [0.2, 0.25) is 0 Å². The minimum absolute atomic E-state index is 0.166. The molecular formula is C24H22ClN3O2S. The Bertz CT molecular complexity index is 1190. The highest BCUT2D eigenvalue weighted by atomic mass is 35.5. The molecule has 2 aromatic heterocycles. The van der Waals surface area contributed by atoms with Gasteiger partial charge in [-0.2, -0.15) is 5.10 Å². The second-order valence-electron chi connectivity index (χ2n) is 7.30. The van der Waals surface area contributed by atoms with Gasteiger partial charge in [-0.25, -0.2) is 0 Å². The Morgan fingerprint density at radius 3 is 2.71 bits per heavy atom. The SMILES string of the molecule is Cc1cccc(C)c1OCc1csc(C(=O)Nc2cnn(Cc3ccccc3Cl)c2)c1. The minimum atomic E-state index is -0.166. The number of nitrogens with zero attached hydrogens (tertiary/aromatic N) is 2. The van der Waals surface area contributed by atoms with Gasteiger partial charge in [-0.1, -0.05) is 48.0 Å². The number of halogens is 1. The highest BCUT2D eigenvalue weighted by Gasteiger charge is 2.12. The number of aromatic nitrogens is 2. The molecule has 0 aliphatic heterocycles. The minimum Gasteiger partial charge on any atom is -0.488 e. The molecule has 0 bridgehead atoms. The lowest BCUT2D eigenvalue weighted by atomic mass is 10.1. The molecule has 2 aromatic carbocycles. The fourth-order valence-corrected chi connectivity index (χ4v) is 4.25. The smallest absolute Gasteiger partial charge is 0.265 e. The molecule has 0 atom stereocenters. The van der Waals surface area contributed by atoms with E-state index in [9.17, 15) is 4.79 Å². The van der Waals surface area contributed by atoms with Gasteiger partial charge in [0.25, 0.3) is 5.91 Å². The number of nitrogens with one attached hydrogen (secondary N) is 1. The molecular weight excluding hydrogens is 430 g/mol. The number of carbonyl (C=O) groups is 1. The van der Waals surface area contributed by atoms with Crippen LogP contribution >= 0.6 is 22.9 Å². The largest absolute Gasteiger partial charge is 0.488 e.